The van der Waals surface area contributed by atoms with Gasteiger partial charge in [-0.2, -0.15) is 39.0 Å². The number of halogens is 7. The molecule has 0 aliphatic heterocycles. The number of aromatic nitrogens is 2. The lowest BCUT2D eigenvalue weighted by atomic mass is 10.2. The fourth-order valence-electron chi connectivity index (χ4n) is 1.52. The standard InChI is InChI=1S/C11H5F7N2S2/c12-5-1-4(2-19-3-5)9-20-7(10(13,14)15)6(22-9)8(21)11(16,17)18/h1-3,8,21H. The van der Waals surface area contributed by atoms with Crippen LogP contribution < -0.4 is 0 Å². The van der Waals surface area contributed by atoms with Gasteiger partial charge in [-0.1, -0.05) is 0 Å². The summed E-state index contributed by atoms with van der Waals surface area (Å²) in [7, 11) is 0. The van der Waals surface area contributed by atoms with Gasteiger partial charge in [0.15, 0.2) is 5.69 Å². The Hall–Kier alpha value is -1.36. The van der Waals surface area contributed by atoms with Crippen LogP contribution in [0.3, 0.4) is 0 Å². The minimum Gasteiger partial charge on any atom is -0.261 e. The Kier molecular flexibility index (Phi) is 4.39. The summed E-state index contributed by atoms with van der Waals surface area (Å²) in [5.74, 6) is -0.846. The van der Waals surface area contributed by atoms with Crippen LogP contribution in [0.25, 0.3) is 10.6 Å². The van der Waals surface area contributed by atoms with Crippen molar-refractivity contribution in [2.24, 2.45) is 0 Å². The lowest BCUT2D eigenvalue weighted by molar-refractivity contribution is -0.146. The van der Waals surface area contributed by atoms with E-state index in [-0.39, 0.29) is 16.9 Å². The average Bonchev–Trinajstić information content (AvgIpc) is 2.81. The maximum atomic E-state index is 13.0. The van der Waals surface area contributed by atoms with E-state index in [2.05, 4.69) is 22.6 Å². The Morgan fingerprint density at radius 2 is 1.73 bits per heavy atom. The SMILES string of the molecule is Fc1cncc(-c2nc(C(F)(F)F)c(C(S)C(F)(F)F)s2)c1. The van der Waals surface area contributed by atoms with Crippen molar-refractivity contribution in [3.8, 4) is 10.6 Å². The molecule has 2 aromatic heterocycles. The summed E-state index contributed by atoms with van der Waals surface area (Å²) >= 11 is 3.35. The quantitative estimate of drug-likeness (QED) is 0.608. The van der Waals surface area contributed by atoms with Gasteiger partial charge in [0.1, 0.15) is 16.1 Å². The molecule has 0 saturated heterocycles. The Morgan fingerprint density at radius 1 is 1.09 bits per heavy atom. The fourth-order valence-corrected chi connectivity index (χ4v) is 2.88. The van der Waals surface area contributed by atoms with Gasteiger partial charge < -0.3 is 0 Å². The van der Waals surface area contributed by atoms with Crippen molar-refractivity contribution in [2.75, 3.05) is 0 Å². The largest absolute Gasteiger partial charge is 0.434 e. The summed E-state index contributed by atoms with van der Waals surface area (Å²) in [6.45, 7) is 0. The molecule has 0 aromatic carbocycles. The van der Waals surface area contributed by atoms with Gasteiger partial charge in [-0.05, 0) is 6.07 Å². The molecule has 0 bridgehead atoms. The molecule has 2 rings (SSSR count). The van der Waals surface area contributed by atoms with Crippen LogP contribution >= 0.6 is 24.0 Å². The lowest BCUT2D eigenvalue weighted by Crippen LogP contribution is -2.18. The van der Waals surface area contributed by atoms with E-state index in [0.717, 1.165) is 18.5 Å². The highest BCUT2D eigenvalue weighted by molar-refractivity contribution is 7.80. The molecule has 0 aliphatic rings. The van der Waals surface area contributed by atoms with Crippen LogP contribution in [0.15, 0.2) is 18.5 Å². The van der Waals surface area contributed by atoms with Gasteiger partial charge in [0.25, 0.3) is 0 Å². The second-order valence-electron chi connectivity index (χ2n) is 4.07. The van der Waals surface area contributed by atoms with E-state index in [4.69, 9.17) is 0 Å². The number of thiol groups is 1. The van der Waals surface area contributed by atoms with Gasteiger partial charge in [0, 0.05) is 11.8 Å². The van der Waals surface area contributed by atoms with Crippen LogP contribution in [0.5, 0.6) is 0 Å². The highest BCUT2D eigenvalue weighted by Crippen LogP contribution is 2.47. The molecule has 120 valence electrons. The van der Waals surface area contributed by atoms with Crippen LogP contribution in [0.4, 0.5) is 30.7 Å². The average molecular weight is 362 g/mol. The Balaban J connectivity index is 2.59. The lowest BCUT2D eigenvalue weighted by Gasteiger charge is -2.15. The maximum Gasteiger partial charge on any atom is 0.434 e. The van der Waals surface area contributed by atoms with Crippen molar-refractivity contribution in [2.45, 2.75) is 17.6 Å². The number of alkyl halides is 6. The third-order valence-electron chi connectivity index (χ3n) is 2.43. The monoisotopic (exact) mass is 362 g/mol. The summed E-state index contributed by atoms with van der Waals surface area (Å²) < 4.78 is 89.5. The highest BCUT2D eigenvalue weighted by atomic mass is 32.1. The predicted molar refractivity (Wildman–Crippen MR) is 68.1 cm³/mol. The first-order chi connectivity index (χ1) is 10.00. The fraction of sp³-hybridized carbons (Fsp3) is 0.273. The summed E-state index contributed by atoms with van der Waals surface area (Å²) in [6, 6.07) is 0.830. The minimum absolute atomic E-state index is 0.149. The van der Waals surface area contributed by atoms with E-state index in [0.29, 0.717) is 0 Å². The molecule has 11 heteroatoms. The topological polar surface area (TPSA) is 25.8 Å². The summed E-state index contributed by atoms with van der Waals surface area (Å²) in [6.07, 6.45) is -8.25. The van der Waals surface area contributed by atoms with E-state index in [1.165, 1.54) is 0 Å². The van der Waals surface area contributed by atoms with Gasteiger partial charge in [-0.3, -0.25) is 4.98 Å². The third kappa shape index (κ3) is 3.51. The summed E-state index contributed by atoms with van der Waals surface area (Å²) in [5.41, 5.74) is -1.83. The molecular formula is C11H5F7N2S2. The number of thiazole rings is 1. The molecule has 0 saturated carbocycles. The van der Waals surface area contributed by atoms with Gasteiger partial charge in [-0.15, -0.1) is 11.3 Å². The zero-order chi connectivity index (χ0) is 16.7. The zero-order valence-corrected chi connectivity index (χ0v) is 11.9. The van der Waals surface area contributed by atoms with Gasteiger partial charge in [0.2, 0.25) is 0 Å². The molecule has 2 nitrogen and oxygen atoms in total. The van der Waals surface area contributed by atoms with Crippen LogP contribution in [-0.2, 0) is 6.18 Å². The first-order valence-corrected chi connectivity index (χ1v) is 6.77. The molecule has 2 heterocycles. The number of hydrogen-bond donors (Lipinski definition) is 1. The zero-order valence-electron chi connectivity index (χ0n) is 10.2. The van der Waals surface area contributed by atoms with Crippen molar-refractivity contribution in [1.82, 2.24) is 9.97 Å². The normalized spacial score (nSPS) is 14.2. The van der Waals surface area contributed by atoms with E-state index < -0.39 is 39.0 Å². The number of nitrogens with zero attached hydrogens (tertiary/aromatic N) is 2. The molecule has 1 atom stereocenters. The van der Waals surface area contributed by atoms with Crippen LogP contribution in [0.2, 0.25) is 0 Å². The van der Waals surface area contributed by atoms with Crippen molar-refractivity contribution < 1.29 is 30.7 Å². The van der Waals surface area contributed by atoms with Crippen LogP contribution in [-0.4, -0.2) is 16.1 Å². The van der Waals surface area contributed by atoms with E-state index in [9.17, 15) is 30.7 Å². The van der Waals surface area contributed by atoms with Gasteiger partial charge in [-0.25, -0.2) is 9.37 Å². The Labute approximate surface area is 128 Å². The number of pyridine rings is 1. The first-order valence-electron chi connectivity index (χ1n) is 5.43. The molecule has 0 spiro atoms. The number of hydrogen-bond acceptors (Lipinski definition) is 4. The number of rotatable bonds is 2. The second kappa shape index (κ2) is 5.69. The highest BCUT2D eigenvalue weighted by Gasteiger charge is 2.46. The molecule has 0 fully saturated rings. The molecule has 0 amide bonds. The van der Waals surface area contributed by atoms with Gasteiger partial charge >= 0.3 is 12.4 Å². The van der Waals surface area contributed by atoms with Crippen LogP contribution in [0, 0.1) is 5.82 Å². The molecule has 1 unspecified atom stereocenters. The van der Waals surface area contributed by atoms with Crippen molar-refractivity contribution in [3.63, 3.8) is 0 Å². The van der Waals surface area contributed by atoms with Crippen molar-refractivity contribution in [3.05, 3.63) is 34.8 Å². The summed E-state index contributed by atoms with van der Waals surface area (Å²) in [5, 5.41) is -3.06. The van der Waals surface area contributed by atoms with Gasteiger partial charge in [0.05, 0.1) is 11.1 Å². The third-order valence-corrected chi connectivity index (χ3v) is 4.33. The Morgan fingerprint density at radius 3 is 2.23 bits per heavy atom. The smallest absolute Gasteiger partial charge is 0.261 e. The summed E-state index contributed by atoms with van der Waals surface area (Å²) in [4.78, 5) is 5.49. The minimum atomic E-state index is -5.09. The molecule has 0 radical (unpaired) electrons. The predicted octanol–water partition coefficient (Wildman–Crippen LogP) is 4.90. The van der Waals surface area contributed by atoms with E-state index >= 15 is 0 Å². The molecule has 0 N–H and O–H groups in total. The van der Waals surface area contributed by atoms with Crippen molar-refractivity contribution in [1.29, 1.82) is 0 Å². The van der Waals surface area contributed by atoms with Crippen LogP contribution in [0.1, 0.15) is 15.8 Å². The second-order valence-corrected chi connectivity index (χ2v) is 5.61. The van der Waals surface area contributed by atoms with Crippen molar-refractivity contribution >= 4 is 24.0 Å². The van der Waals surface area contributed by atoms with E-state index in [1.54, 1.807) is 0 Å². The molecule has 22 heavy (non-hydrogen) atoms. The molecular weight excluding hydrogens is 357 g/mol. The maximum absolute atomic E-state index is 13.0. The van der Waals surface area contributed by atoms with E-state index in [1.807, 2.05) is 0 Å². The molecule has 0 aliphatic carbocycles. The molecule has 2 aromatic rings. The first kappa shape index (κ1) is 17.0. The Bertz CT molecular complexity index is 678.